The molecule has 0 N–H and O–H groups in total. The van der Waals surface area contributed by atoms with Crippen LogP contribution in [0.5, 0.6) is 0 Å². The molecule has 0 saturated heterocycles. The smallest absolute Gasteiger partial charge is 0.101 e. The van der Waals surface area contributed by atoms with E-state index >= 15 is 0 Å². The molecule has 0 unspecified atom stereocenters. The maximum Gasteiger partial charge on any atom is 0.101 e. The van der Waals surface area contributed by atoms with Crippen molar-refractivity contribution in [2.45, 2.75) is 0 Å². The number of hydrogen-bond acceptors (Lipinski definition) is 1. The monoisotopic (exact) mass is 268 g/mol. The van der Waals surface area contributed by atoms with E-state index in [1.807, 2.05) is 42.6 Å². The summed E-state index contributed by atoms with van der Waals surface area (Å²) < 4.78 is 2.07. The van der Waals surface area contributed by atoms with Gasteiger partial charge >= 0.3 is 0 Å². The van der Waals surface area contributed by atoms with Crippen LogP contribution in [-0.4, -0.2) is 4.40 Å². The summed E-state index contributed by atoms with van der Waals surface area (Å²) in [7, 11) is 0. The second-order valence-corrected chi connectivity index (χ2v) is 5.07. The first-order valence-corrected chi connectivity index (χ1v) is 6.86. The zero-order chi connectivity index (χ0) is 14.2. The fraction of sp³-hybridized carbons (Fsp3) is 0. The summed E-state index contributed by atoms with van der Waals surface area (Å²) in [5, 5.41) is 11.7. The van der Waals surface area contributed by atoms with Crippen molar-refractivity contribution in [3.05, 3.63) is 78.5 Å². The van der Waals surface area contributed by atoms with Crippen LogP contribution in [0.25, 0.3) is 27.5 Å². The Morgan fingerprint density at radius 1 is 0.810 bits per heavy atom. The summed E-state index contributed by atoms with van der Waals surface area (Å²) in [6.07, 6.45) is 2.00. The molecule has 2 heterocycles. The van der Waals surface area contributed by atoms with Crippen molar-refractivity contribution >= 4 is 16.3 Å². The number of rotatable bonds is 1. The number of benzene rings is 2. The fourth-order valence-electron chi connectivity index (χ4n) is 2.81. The predicted molar refractivity (Wildman–Crippen MR) is 85.1 cm³/mol. The highest BCUT2D eigenvalue weighted by molar-refractivity contribution is 5.87. The lowest BCUT2D eigenvalue weighted by Gasteiger charge is -2.05. The molecule has 0 atom stereocenters. The van der Waals surface area contributed by atoms with Gasteiger partial charge in [0.25, 0.3) is 0 Å². The Balaban J connectivity index is 2.02. The van der Waals surface area contributed by atoms with Crippen LogP contribution in [0, 0.1) is 11.3 Å². The van der Waals surface area contributed by atoms with E-state index < -0.39 is 0 Å². The molecule has 2 heteroatoms. The van der Waals surface area contributed by atoms with Crippen LogP contribution in [0.1, 0.15) is 5.56 Å². The quantitative estimate of drug-likeness (QED) is 0.494. The lowest BCUT2D eigenvalue weighted by Crippen LogP contribution is -1.87. The Hall–Kier alpha value is -3.05. The largest absolute Gasteiger partial charge is 0.315 e. The van der Waals surface area contributed by atoms with Gasteiger partial charge < -0.3 is 4.40 Å². The molecule has 0 fully saturated rings. The van der Waals surface area contributed by atoms with Gasteiger partial charge in [-0.1, -0.05) is 42.5 Å². The third kappa shape index (κ3) is 1.79. The normalized spacial score (nSPS) is 10.8. The molecule has 2 aromatic carbocycles. The van der Waals surface area contributed by atoms with E-state index in [4.69, 9.17) is 0 Å². The molecule has 0 spiro atoms. The van der Waals surface area contributed by atoms with Gasteiger partial charge in [0.05, 0.1) is 16.8 Å². The lowest BCUT2D eigenvalue weighted by molar-refractivity contribution is 1.20. The fourth-order valence-corrected chi connectivity index (χ4v) is 2.81. The number of nitriles is 1. The molecule has 2 aromatic heterocycles. The summed E-state index contributed by atoms with van der Waals surface area (Å²) in [4.78, 5) is 0. The van der Waals surface area contributed by atoms with Gasteiger partial charge in [-0.15, -0.1) is 0 Å². The Morgan fingerprint density at radius 3 is 2.48 bits per heavy atom. The number of hydrogen-bond donors (Lipinski definition) is 0. The third-order valence-corrected chi connectivity index (χ3v) is 3.84. The zero-order valence-corrected chi connectivity index (χ0v) is 11.3. The average molecular weight is 268 g/mol. The minimum absolute atomic E-state index is 0.707. The molecule has 0 amide bonds. The maximum atomic E-state index is 9.30. The van der Waals surface area contributed by atoms with E-state index in [1.54, 1.807) is 0 Å². The van der Waals surface area contributed by atoms with E-state index in [-0.39, 0.29) is 0 Å². The predicted octanol–water partition coefficient (Wildman–Crippen LogP) is 4.63. The van der Waals surface area contributed by atoms with Gasteiger partial charge in [-0.05, 0) is 40.6 Å². The molecule has 4 aromatic rings. The SMILES string of the molecule is N#Cc1cc(-c2ccc3ccccc3c2)n2ccccc12. The maximum absolute atomic E-state index is 9.30. The summed E-state index contributed by atoms with van der Waals surface area (Å²) in [6.45, 7) is 0. The molecule has 4 rings (SSSR count). The summed E-state index contributed by atoms with van der Waals surface area (Å²) in [6, 6.07) is 24.9. The minimum Gasteiger partial charge on any atom is -0.315 e. The molecule has 0 saturated carbocycles. The molecule has 0 aliphatic rings. The van der Waals surface area contributed by atoms with Crippen molar-refractivity contribution in [2.24, 2.45) is 0 Å². The van der Waals surface area contributed by atoms with Crippen LogP contribution in [0.4, 0.5) is 0 Å². The van der Waals surface area contributed by atoms with Gasteiger partial charge in [0, 0.05) is 6.20 Å². The number of pyridine rings is 1. The highest BCUT2D eigenvalue weighted by atomic mass is 14.9. The van der Waals surface area contributed by atoms with Crippen LogP contribution in [0.2, 0.25) is 0 Å². The van der Waals surface area contributed by atoms with Crippen molar-refractivity contribution in [3.8, 4) is 17.3 Å². The van der Waals surface area contributed by atoms with Gasteiger partial charge in [0.15, 0.2) is 0 Å². The summed E-state index contributed by atoms with van der Waals surface area (Å²) in [5.74, 6) is 0. The van der Waals surface area contributed by atoms with Crippen molar-refractivity contribution < 1.29 is 0 Å². The number of fused-ring (bicyclic) bond motifs is 2. The Labute approximate surface area is 122 Å². The molecular formula is C19H12N2. The highest BCUT2D eigenvalue weighted by Crippen LogP contribution is 2.28. The van der Waals surface area contributed by atoms with E-state index in [2.05, 4.69) is 40.8 Å². The average Bonchev–Trinajstić information content (AvgIpc) is 2.93. The zero-order valence-electron chi connectivity index (χ0n) is 11.3. The second kappa shape index (κ2) is 4.50. The minimum atomic E-state index is 0.707. The van der Waals surface area contributed by atoms with Crippen LogP contribution < -0.4 is 0 Å². The first-order chi connectivity index (χ1) is 10.4. The molecule has 98 valence electrons. The standard InChI is InChI=1S/C19H12N2/c20-13-17-12-19(21-10-4-3-7-18(17)21)16-9-8-14-5-1-2-6-15(14)11-16/h1-12H. The molecule has 0 radical (unpaired) electrons. The number of aromatic nitrogens is 1. The number of nitrogens with zero attached hydrogens (tertiary/aromatic N) is 2. The summed E-state index contributed by atoms with van der Waals surface area (Å²) in [5.41, 5.74) is 3.83. The summed E-state index contributed by atoms with van der Waals surface area (Å²) >= 11 is 0. The molecule has 2 nitrogen and oxygen atoms in total. The van der Waals surface area contributed by atoms with Crippen LogP contribution in [-0.2, 0) is 0 Å². The first-order valence-electron chi connectivity index (χ1n) is 6.86. The first kappa shape index (κ1) is 11.7. The van der Waals surface area contributed by atoms with Crippen LogP contribution in [0.3, 0.4) is 0 Å². The lowest BCUT2D eigenvalue weighted by atomic mass is 10.1. The molecule has 0 bridgehead atoms. The van der Waals surface area contributed by atoms with E-state index in [0.717, 1.165) is 16.8 Å². The second-order valence-electron chi connectivity index (χ2n) is 5.07. The Bertz CT molecular complexity index is 1000. The van der Waals surface area contributed by atoms with Gasteiger partial charge in [-0.2, -0.15) is 5.26 Å². The molecular weight excluding hydrogens is 256 g/mol. The van der Waals surface area contributed by atoms with Crippen molar-refractivity contribution in [2.75, 3.05) is 0 Å². The van der Waals surface area contributed by atoms with Crippen molar-refractivity contribution in [3.63, 3.8) is 0 Å². The van der Waals surface area contributed by atoms with Gasteiger partial charge in [0.1, 0.15) is 6.07 Å². The van der Waals surface area contributed by atoms with Gasteiger partial charge in [0.2, 0.25) is 0 Å². The van der Waals surface area contributed by atoms with Crippen molar-refractivity contribution in [1.29, 1.82) is 5.26 Å². The van der Waals surface area contributed by atoms with E-state index in [0.29, 0.717) is 5.56 Å². The third-order valence-electron chi connectivity index (χ3n) is 3.84. The topological polar surface area (TPSA) is 28.2 Å². The van der Waals surface area contributed by atoms with E-state index in [9.17, 15) is 5.26 Å². The molecule has 21 heavy (non-hydrogen) atoms. The molecule has 0 aliphatic carbocycles. The Kier molecular flexibility index (Phi) is 2.52. The van der Waals surface area contributed by atoms with Crippen molar-refractivity contribution in [1.82, 2.24) is 4.40 Å². The van der Waals surface area contributed by atoms with Crippen LogP contribution >= 0.6 is 0 Å². The molecule has 0 aliphatic heterocycles. The van der Waals surface area contributed by atoms with Gasteiger partial charge in [-0.25, -0.2) is 0 Å². The van der Waals surface area contributed by atoms with E-state index in [1.165, 1.54) is 10.8 Å². The Morgan fingerprint density at radius 2 is 1.62 bits per heavy atom. The van der Waals surface area contributed by atoms with Crippen LogP contribution in [0.15, 0.2) is 72.9 Å². The van der Waals surface area contributed by atoms with Gasteiger partial charge in [-0.3, -0.25) is 0 Å². The highest BCUT2D eigenvalue weighted by Gasteiger charge is 2.10.